The van der Waals surface area contributed by atoms with Gasteiger partial charge in [-0.1, -0.05) is 64.5 Å². The lowest BCUT2D eigenvalue weighted by Crippen LogP contribution is -1.87. The lowest BCUT2D eigenvalue weighted by atomic mass is 10.1. The molecule has 0 aliphatic rings. The quantitative estimate of drug-likeness (QED) is 0.578. The minimum absolute atomic E-state index is 0.833. The molecule has 0 aromatic heterocycles. The molecular weight excluding hydrogens is 300 g/mol. The molecular formula is C17H13BrO. The zero-order valence-electron chi connectivity index (χ0n) is 10.3. The number of hydrogen-bond donors (Lipinski definition) is 0. The van der Waals surface area contributed by atoms with Crippen molar-refractivity contribution in [2.24, 2.45) is 0 Å². The molecule has 0 unspecified atom stereocenters. The maximum atomic E-state index is 6.01. The smallest absolute Gasteiger partial charge is 0.135 e. The number of fused-ring (bicyclic) bond motifs is 1. The average Bonchev–Trinajstić information content (AvgIpc) is 2.48. The molecule has 3 aromatic carbocycles. The molecule has 0 aliphatic carbocycles. The van der Waals surface area contributed by atoms with Crippen LogP contribution in [-0.4, -0.2) is 0 Å². The first-order valence-corrected chi connectivity index (χ1v) is 7.29. The minimum atomic E-state index is 0.833. The number of rotatable bonds is 3. The fourth-order valence-corrected chi connectivity index (χ4v) is 2.45. The van der Waals surface area contributed by atoms with E-state index in [4.69, 9.17) is 4.74 Å². The van der Waals surface area contributed by atoms with Crippen molar-refractivity contribution in [2.45, 2.75) is 5.33 Å². The molecule has 0 atom stereocenters. The summed E-state index contributed by atoms with van der Waals surface area (Å²) in [7, 11) is 0. The molecule has 3 rings (SSSR count). The van der Waals surface area contributed by atoms with E-state index in [-0.39, 0.29) is 0 Å². The molecule has 19 heavy (non-hydrogen) atoms. The van der Waals surface area contributed by atoms with Crippen LogP contribution in [0, 0.1) is 0 Å². The molecule has 3 aromatic rings. The molecule has 0 saturated heterocycles. The summed E-state index contributed by atoms with van der Waals surface area (Å²) < 4.78 is 6.01. The van der Waals surface area contributed by atoms with Crippen LogP contribution in [0.2, 0.25) is 0 Å². The van der Waals surface area contributed by atoms with E-state index in [1.54, 1.807) is 0 Å². The van der Waals surface area contributed by atoms with Gasteiger partial charge in [-0.25, -0.2) is 0 Å². The monoisotopic (exact) mass is 312 g/mol. The molecule has 2 heteroatoms. The Morgan fingerprint density at radius 1 is 0.842 bits per heavy atom. The summed E-state index contributed by atoms with van der Waals surface area (Å²) in [4.78, 5) is 0. The third-order valence-electron chi connectivity index (χ3n) is 3.03. The van der Waals surface area contributed by atoms with Gasteiger partial charge in [0.1, 0.15) is 11.5 Å². The number of hydrogen-bond acceptors (Lipinski definition) is 1. The first-order valence-electron chi connectivity index (χ1n) is 6.17. The predicted octanol–water partition coefficient (Wildman–Crippen LogP) is 5.53. The van der Waals surface area contributed by atoms with E-state index in [1.165, 1.54) is 10.9 Å². The minimum Gasteiger partial charge on any atom is -0.457 e. The zero-order valence-corrected chi connectivity index (χ0v) is 11.9. The van der Waals surface area contributed by atoms with Gasteiger partial charge in [0, 0.05) is 10.7 Å². The maximum absolute atomic E-state index is 6.01. The van der Waals surface area contributed by atoms with Gasteiger partial charge in [-0.2, -0.15) is 0 Å². The van der Waals surface area contributed by atoms with Crippen molar-refractivity contribution in [2.75, 3.05) is 0 Å². The Bertz CT molecular complexity index is 701. The van der Waals surface area contributed by atoms with Crippen molar-refractivity contribution in [1.29, 1.82) is 0 Å². The first kappa shape index (κ1) is 12.2. The highest BCUT2D eigenvalue weighted by Crippen LogP contribution is 2.30. The Kier molecular flexibility index (Phi) is 3.51. The van der Waals surface area contributed by atoms with Crippen molar-refractivity contribution >= 4 is 26.7 Å². The highest BCUT2D eigenvalue weighted by molar-refractivity contribution is 9.08. The van der Waals surface area contributed by atoms with E-state index >= 15 is 0 Å². The van der Waals surface area contributed by atoms with Crippen LogP contribution in [0.1, 0.15) is 5.56 Å². The highest BCUT2D eigenvalue weighted by Gasteiger charge is 2.03. The second-order valence-electron chi connectivity index (χ2n) is 4.36. The zero-order chi connectivity index (χ0) is 13.1. The lowest BCUT2D eigenvalue weighted by molar-refractivity contribution is 0.488. The SMILES string of the molecule is BrCc1cccc(Oc2cccc3ccccc23)c1. The Morgan fingerprint density at radius 3 is 2.53 bits per heavy atom. The predicted molar refractivity (Wildman–Crippen MR) is 83.1 cm³/mol. The lowest BCUT2D eigenvalue weighted by Gasteiger charge is -2.09. The van der Waals surface area contributed by atoms with E-state index in [2.05, 4.69) is 46.3 Å². The largest absolute Gasteiger partial charge is 0.457 e. The van der Waals surface area contributed by atoms with Gasteiger partial charge in [-0.05, 0) is 29.1 Å². The van der Waals surface area contributed by atoms with Crippen molar-refractivity contribution in [3.05, 3.63) is 72.3 Å². The summed E-state index contributed by atoms with van der Waals surface area (Å²) in [5, 5.41) is 3.16. The highest BCUT2D eigenvalue weighted by atomic mass is 79.9. The van der Waals surface area contributed by atoms with Gasteiger partial charge < -0.3 is 4.74 Å². The fraction of sp³-hybridized carbons (Fsp3) is 0.0588. The molecule has 0 spiro atoms. The van der Waals surface area contributed by atoms with E-state index in [1.807, 2.05) is 36.4 Å². The van der Waals surface area contributed by atoms with Crippen LogP contribution >= 0.6 is 15.9 Å². The van der Waals surface area contributed by atoms with E-state index in [0.29, 0.717) is 0 Å². The summed E-state index contributed by atoms with van der Waals surface area (Å²) in [5.41, 5.74) is 1.21. The second kappa shape index (κ2) is 5.45. The van der Waals surface area contributed by atoms with E-state index < -0.39 is 0 Å². The standard InChI is InChI=1S/C17H13BrO/c18-12-13-5-3-8-15(11-13)19-17-10-4-7-14-6-1-2-9-16(14)17/h1-11H,12H2. The Labute approximate surface area is 121 Å². The molecule has 0 heterocycles. The van der Waals surface area contributed by atoms with Crippen LogP contribution in [0.15, 0.2) is 66.7 Å². The summed E-state index contributed by atoms with van der Waals surface area (Å²) in [6.45, 7) is 0. The van der Waals surface area contributed by atoms with Crippen LogP contribution in [0.4, 0.5) is 0 Å². The van der Waals surface area contributed by atoms with Crippen LogP contribution in [0.3, 0.4) is 0 Å². The third kappa shape index (κ3) is 2.64. The Balaban J connectivity index is 2.01. The molecule has 0 N–H and O–H groups in total. The van der Waals surface area contributed by atoms with Gasteiger partial charge in [0.15, 0.2) is 0 Å². The van der Waals surface area contributed by atoms with Gasteiger partial charge >= 0.3 is 0 Å². The molecule has 0 aliphatic heterocycles. The normalized spacial score (nSPS) is 10.6. The van der Waals surface area contributed by atoms with Gasteiger partial charge in [-0.15, -0.1) is 0 Å². The third-order valence-corrected chi connectivity index (χ3v) is 3.68. The summed E-state index contributed by atoms with van der Waals surface area (Å²) in [5.74, 6) is 1.76. The van der Waals surface area contributed by atoms with E-state index in [9.17, 15) is 0 Å². The number of alkyl halides is 1. The van der Waals surface area contributed by atoms with E-state index in [0.717, 1.165) is 22.2 Å². The Hall–Kier alpha value is -1.80. The second-order valence-corrected chi connectivity index (χ2v) is 4.92. The van der Waals surface area contributed by atoms with Crippen molar-refractivity contribution in [3.63, 3.8) is 0 Å². The van der Waals surface area contributed by atoms with Crippen LogP contribution in [-0.2, 0) is 5.33 Å². The average molecular weight is 313 g/mol. The summed E-state index contributed by atoms with van der Waals surface area (Å²) in [6.07, 6.45) is 0. The van der Waals surface area contributed by atoms with Crippen LogP contribution in [0.5, 0.6) is 11.5 Å². The molecule has 0 amide bonds. The van der Waals surface area contributed by atoms with Crippen molar-refractivity contribution in [1.82, 2.24) is 0 Å². The molecule has 94 valence electrons. The molecule has 0 radical (unpaired) electrons. The van der Waals surface area contributed by atoms with Gasteiger partial charge in [0.05, 0.1) is 0 Å². The summed E-state index contributed by atoms with van der Waals surface area (Å²) >= 11 is 3.46. The Morgan fingerprint density at radius 2 is 1.63 bits per heavy atom. The van der Waals surface area contributed by atoms with Crippen LogP contribution < -0.4 is 4.74 Å². The topological polar surface area (TPSA) is 9.23 Å². The van der Waals surface area contributed by atoms with Gasteiger partial charge in [0.25, 0.3) is 0 Å². The van der Waals surface area contributed by atoms with Crippen molar-refractivity contribution in [3.8, 4) is 11.5 Å². The first-order chi connectivity index (χ1) is 9.36. The summed E-state index contributed by atoms with van der Waals surface area (Å²) in [6, 6.07) is 22.5. The van der Waals surface area contributed by atoms with Gasteiger partial charge in [0.2, 0.25) is 0 Å². The number of benzene rings is 3. The maximum Gasteiger partial charge on any atom is 0.135 e. The van der Waals surface area contributed by atoms with Gasteiger partial charge in [-0.3, -0.25) is 0 Å². The molecule has 0 saturated carbocycles. The molecule has 1 nitrogen and oxygen atoms in total. The van der Waals surface area contributed by atoms with Crippen LogP contribution in [0.25, 0.3) is 10.8 Å². The molecule has 0 bridgehead atoms. The number of ether oxygens (including phenoxy) is 1. The molecule has 0 fully saturated rings. The fourth-order valence-electron chi connectivity index (χ4n) is 2.10. The number of halogens is 1. The van der Waals surface area contributed by atoms with Crippen molar-refractivity contribution < 1.29 is 4.74 Å².